The van der Waals surface area contributed by atoms with Crippen molar-refractivity contribution in [3.63, 3.8) is 0 Å². The number of piperazine rings is 1. The van der Waals surface area contributed by atoms with Gasteiger partial charge in [0.2, 0.25) is 5.95 Å². The van der Waals surface area contributed by atoms with Gasteiger partial charge in [0, 0.05) is 43.0 Å². The van der Waals surface area contributed by atoms with Crippen LogP contribution in [0.2, 0.25) is 0 Å². The van der Waals surface area contributed by atoms with Crippen LogP contribution in [0.15, 0.2) is 36.8 Å². The van der Waals surface area contributed by atoms with Gasteiger partial charge in [0.25, 0.3) is 0 Å². The van der Waals surface area contributed by atoms with Gasteiger partial charge < -0.3 is 15.3 Å². The van der Waals surface area contributed by atoms with Gasteiger partial charge >= 0.3 is 0 Å². The molecule has 2 unspecified atom stereocenters. The number of phenolic OH excluding ortho intramolecular Hbond substituents is 1. The van der Waals surface area contributed by atoms with Gasteiger partial charge in [0.05, 0.1) is 12.4 Å². The molecule has 28 heavy (non-hydrogen) atoms. The monoisotopic (exact) mass is 379 g/mol. The Labute approximate surface area is 164 Å². The van der Waals surface area contributed by atoms with E-state index in [4.69, 9.17) is 0 Å². The third kappa shape index (κ3) is 3.68. The second-order valence-corrected chi connectivity index (χ2v) is 7.25. The molecular formula is C20H25N7O. The number of benzene rings is 1. The summed E-state index contributed by atoms with van der Waals surface area (Å²) in [4.78, 5) is 6.68. The summed E-state index contributed by atoms with van der Waals surface area (Å²) in [7, 11) is 0. The highest BCUT2D eigenvalue weighted by Gasteiger charge is 2.25. The van der Waals surface area contributed by atoms with Crippen LogP contribution in [0.4, 0.5) is 5.95 Å². The summed E-state index contributed by atoms with van der Waals surface area (Å²) in [6, 6.07) is 5.87. The quantitative estimate of drug-likeness (QED) is 0.626. The van der Waals surface area contributed by atoms with Crippen LogP contribution in [-0.2, 0) is 0 Å². The molecule has 0 bridgehead atoms. The minimum absolute atomic E-state index is 0.140. The number of hydrogen-bond donors (Lipinski definition) is 3. The van der Waals surface area contributed by atoms with Gasteiger partial charge in [-0.05, 0) is 23.6 Å². The minimum Gasteiger partial charge on any atom is -0.507 e. The van der Waals surface area contributed by atoms with Crippen molar-refractivity contribution in [2.75, 3.05) is 24.5 Å². The molecule has 1 aliphatic rings. The van der Waals surface area contributed by atoms with Crippen molar-refractivity contribution in [1.29, 1.82) is 0 Å². The molecule has 0 spiro atoms. The van der Waals surface area contributed by atoms with E-state index < -0.39 is 0 Å². The lowest BCUT2D eigenvalue weighted by Crippen LogP contribution is -2.53. The molecule has 0 saturated carbocycles. The van der Waals surface area contributed by atoms with E-state index in [1.807, 2.05) is 12.1 Å². The van der Waals surface area contributed by atoms with Crippen LogP contribution < -0.4 is 10.2 Å². The van der Waals surface area contributed by atoms with E-state index in [-0.39, 0.29) is 5.75 Å². The van der Waals surface area contributed by atoms with Gasteiger partial charge in [-0.3, -0.25) is 5.10 Å². The van der Waals surface area contributed by atoms with Gasteiger partial charge in [-0.1, -0.05) is 26.3 Å². The Morgan fingerprint density at radius 3 is 2.82 bits per heavy atom. The molecule has 3 heterocycles. The Hall–Kier alpha value is -3.00. The number of anilines is 1. The average Bonchev–Trinajstić information content (AvgIpc) is 3.28. The summed E-state index contributed by atoms with van der Waals surface area (Å²) >= 11 is 0. The van der Waals surface area contributed by atoms with Crippen molar-refractivity contribution < 1.29 is 5.11 Å². The standard InChI is InChI=1S/C20H25N7O/c1-3-13(2)18-12-27(7-6-21-18)20-22-11-17(25-26-20)16-5-4-14(8-19(16)28)15-9-23-24-10-15/h4-5,8-11,13,18,21,28H,3,6-7,12H2,1-2H3,(H,23,24). The summed E-state index contributed by atoms with van der Waals surface area (Å²) in [5.74, 6) is 1.37. The molecule has 4 rings (SSSR count). The molecule has 146 valence electrons. The molecule has 1 saturated heterocycles. The first-order chi connectivity index (χ1) is 13.7. The first-order valence-corrected chi connectivity index (χ1v) is 9.66. The smallest absolute Gasteiger partial charge is 0.245 e. The van der Waals surface area contributed by atoms with E-state index in [1.54, 1.807) is 24.7 Å². The number of nitrogens with one attached hydrogen (secondary N) is 2. The van der Waals surface area contributed by atoms with E-state index in [0.29, 0.717) is 29.2 Å². The molecule has 1 aromatic carbocycles. The minimum atomic E-state index is 0.140. The fourth-order valence-electron chi connectivity index (χ4n) is 3.50. The number of aromatic amines is 1. The van der Waals surface area contributed by atoms with Crippen LogP contribution in [0, 0.1) is 5.92 Å². The highest BCUT2D eigenvalue weighted by molar-refractivity contribution is 5.73. The molecule has 1 aliphatic heterocycles. The number of aromatic nitrogens is 5. The normalized spacial score (nSPS) is 18.2. The predicted octanol–water partition coefficient (Wildman–Crippen LogP) is 2.46. The lowest BCUT2D eigenvalue weighted by Gasteiger charge is -2.36. The zero-order chi connectivity index (χ0) is 19.5. The Bertz CT molecular complexity index is 911. The number of rotatable bonds is 5. The van der Waals surface area contributed by atoms with Crippen LogP contribution in [0.25, 0.3) is 22.4 Å². The maximum atomic E-state index is 10.4. The summed E-state index contributed by atoms with van der Waals surface area (Å²) in [6.07, 6.45) is 6.31. The van der Waals surface area contributed by atoms with E-state index in [2.05, 4.69) is 49.4 Å². The molecule has 3 aromatic rings. The van der Waals surface area contributed by atoms with Crippen LogP contribution >= 0.6 is 0 Å². The topological polar surface area (TPSA) is 103 Å². The predicted molar refractivity (Wildman–Crippen MR) is 108 cm³/mol. The van der Waals surface area contributed by atoms with Crippen molar-refractivity contribution >= 4 is 5.95 Å². The Morgan fingerprint density at radius 2 is 2.14 bits per heavy atom. The summed E-state index contributed by atoms with van der Waals surface area (Å²) in [6.45, 7) is 7.12. The van der Waals surface area contributed by atoms with Crippen LogP contribution in [0.1, 0.15) is 20.3 Å². The van der Waals surface area contributed by atoms with Crippen molar-refractivity contribution in [3.8, 4) is 28.1 Å². The number of hydrogen-bond acceptors (Lipinski definition) is 7. The lowest BCUT2D eigenvalue weighted by atomic mass is 9.97. The maximum absolute atomic E-state index is 10.4. The van der Waals surface area contributed by atoms with Gasteiger partial charge in [0.1, 0.15) is 11.4 Å². The van der Waals surface area contributed by atoms with Gasteiger partial charge in [-0.25, -0.2) is 4.98 Å². The third-order valence-electron chi connectivity index (χ3n) is 5.47. The van der Waals surface area contributed by atoms with E-state index >= 15 is 0 Å². The van der Waals surface area contributed by atoms with Crippen LogP contribution in [-0.4, -0.2) is 56.2 Å². The Kier molecular flexibility index (Phi) is 5.21. The van der Waals surface area contributed by atoms with Crippen LogP contribution in [0.3, 0.4) is 0 Å². The molecule has 0 radical (unpaired) electrons. The number of nitrogens with zero attached hydrogens (tertiary/aromatic N) is 5. The van der Waals surface area contributed by atoms with E-state index in [0.717, 1.165) is 37.2 Å². The molecule has 2 aromatic heterocycles. The number of H-pyrrole nitrogens is 1. The Balaban J connectivity index is 1.52. The zero-order valence-electron chi connectivity index (χ0n) is 16.1. The largest absolute Gasteiger partial charge is 0.507 e. The molecular weight excluding hydrogens is 354 g/mol. The molecule has 2 atom stereocenters. The molecule has 0 aliphatic carbocycles. The second-order valence-electron chi connectivity index (χ2n) is 7.25. The fourth-order valence-corrected chi connectivity index (χ4v) is 3.50. The van der Waals surface area contributed by atoms with Gasteiger partial charge in [0.15, 0.2) is 0 Å². The third-order valence-corrected chi connectivity index (χ3v) is 5.47. The first kappa shape index (κ1) is 18.4. The summed E-state index contributed by atoms with van der Waals surface area (Å²) in [5, 5.41) is 29.4. The molecule has 3 N–H and O–H groups in total. The molecule has 8 nitrogen and oxygen atoms in total. The van der Waals surface area contributed by atoms with Crippen molar-refractivity contribution in [1.82, 2.24) is 30.7 Å². The van der Waals surface area contributed by atoms with Gasteiger partial charge in [-0.15, -0.1) is 10.2 Å². The highest BCUT2D eigenvalue weighted by atomic mass is 16.3. The average molecular weight is 379 g/mol. The lowest BCUT2D eigenvalue weighted by molar-refractivity contribution is 0.339. The number of aromatic hydroxyl groups is 1. The van der Waals surface area contributed by atoms with Crippen molar-refractivity contribution in [3.05, 3.63) is 36.8 Å². The van der Waals surface area contributed by atoms with Crippen LogP contribution in [0.5, 0.6) is 5.75 Å². The summed E-state index contributed by atoms with van der Waals surface area (Å²) in [5.41, 5.74) is 2.95. The number of phenols is 1. The van der Waals surface area contributed by atoms with E-state index in [1.165, 1.54) is 0 Å². The van der Waals surface area contributed by atoms with E-state index in [9.17, 15) is 5.11 Å². The van der Waals surface area contributed by atoms with Crippen molar-refractivity contribution in [2.45, 2.75) is 26.3 Å². The van der Waals surface area contributed by atoms with Gasteiger partial charge in [-0.2, -0.15) is 5.10 Å². The van der Waals surface area contributed by atoms with Crippen molar-refractivity contribution in [2.24, 2.45) is 5.92 Å². The fraction of sp³-hybridized carbons (Fsp3) is 0.400. The highest BCUT2D eigenvalue weighted by Crippen LogP contribution is 2.32. The first-order valence-electron chi connectivity index (χ1n) is 9.66. The SMILES string of the molecule is CCC(C)C1CN(c2ncc(-c3ccc(-c4cn[nH]c4)cc3O)nn2)CCN1. The zero-order valence-corrected chi connectivity index (χ0v) is 16.1. The molecule has 1 fully saturated rings. The molecule has 8 heteroatoms. The Morgan fingerprint density at radius 1 is 1.25 bits per heavy atom. The maximum Gasteiger partial charge on any atom is 0.245 e. The second kappa shape index (κ2) is 7.93. The molecule has 0 amide bonds. The summed E-state index contributed by atoms with van der Waals surface area (Å²) < 4.78 is 0.